The molecular weight excluding hydrogens is 761 g/mol. The van der Waals surface area contributed by atoms with Crippen molar-refractivity contribution >= 4 is 21.5 Å². The molecule has 1 aliphatic rings. The average molecular weight is 801 g/mol. The summed E-state index contributed by atoms with van der Waals surface area (Å²) in [5.74, 6) is 0.704. The number of hydrogen-bond donors (Lipinski definition) is 0. The second-order valence-corrected chi connectivity index (χ2v) is 16.4. The fraction of sp³-hybridized carbons (Fsp3) is 0.0164. The molecule has 0 saturated carbocycles. The van der Waals surface area contributed by atoms with Gasteiger partial charge in [-0.05, 0) is 95.4 Å². The van der Waals surface area contributed by atoms with E-state index in [1.54, 1.807) is 0 Å². The van der Waals surface area contributed by atoms with Crippen molar-refractivity contribution in [3.8, 4) is 67.3 Å². The topological polar surface area (TPSA) is 25.8 Å². The van der Waals surface area contributed by atoms with E-state index in [1.165, 1.54) is 66.4 Å². The van der Waals surface area contributed by atoms with Crippen molar-refractivity contribution in [3.63, 3.8) is 0 Å². The zero-order valence-corrected chi connectivity index (χ0v) is 34.5. The molecule has 1 aromatic heterocycles. The highest BCUT2D eigenvalue weighted by molar-refractivity contribution is 6.04. The largest absolute Gasteiger partial charge is 0.228 e. The van der Waals surface area contributed by atoms with Gasteiger partial charge in [0.1, 0.15) is 0 Å². The predicted molar refractivity (Wildman–Crippen MR) is 262 cm³/mol. The van der Waals surface area contributed by atoms with E-state index in [-0.39, 0.29) is 0 Å². The van der Waals surface area contributed by atoms with Crippen molar-refractivity contribution in [1.29, 1.82) is 0 Å². The molecule has 1 heterocycles. The van der Waals surface area contributed by atoms with Crippen LogP contribution >= 0.6 is 0 Å². The lowest BCUT2D eigenvalue weighted by atomic mass is 9.67. The van der Waals surface area contributed by atoms with Gasteiger partial charge in [0.15, 0.2) is 5.82 Å². The molecule has 2 nitrogen and oxygen atoms in total. The molecule has 63 heavy (non-hydrogen) atoms. The van der Waals surface area contributed by atoms with Crippen LogP contribution in [0.4, 0.5) is 0 Å². The maximum absolute atomic E-state index is 5.24. The van der Waals surface area contributed by atoms with Gasteiger partial charge in [0, 0.05) is 16.7 Å². The summed E-state index contributed by atoms with van der Waals surface area (Å²) in [7, 11) is 0. The summed E-state index contributed by atoms with van der Waals surface area (Å²) in [5.41, 5.74) is 17.0. The van der Waals surface area contributed by atoms with Crippen molar-refractivity contribution in [1.82, 2.24) is 9.97 Å². The Kier molecular flexibility index (Phi) is 8.76. The summed E-state index contributed by atoms with van der Waals surface area (Å²) in [6.07, 6.45) is 0. The number of fused-ring (bicyclic) bond motifs is 5. The summed E-state index contributed by atoms with van der Waals surface area (Å²) in [5, 5.41) is 4.69. The van der Waals surface area contributed by atoms with Gasteiger partial charge in [-0.3, -0.25) is 0 Å². The van der Waals surface area contributed by atoms with Crippen molar-refractivity contribution in [2.24, 2.45) is 0 Å². The van der Waals surface area contributed by atoms with Gasteiger partial charge < -0.3 is 0 Å². The smallest absolute Gasteiger partial charge is 0.160 e. The lowest BCUT2D eigenvalue weighted by Gasteiger charge is -2.34. The highest BCUT2D eigenvalue weighted by Crippen LogP contribution is 2.58. The zero-order valence-electron chi connectivity index (χ0n) is 34.5. The van der Waals surface area contributed by atoms with Crippen LogP contribution in [-0.4, -0.2) is 9.97 Å². The van der Waals surface area contributed by atoms with Gasteiger partial charge in [-0.2, -0.15) is 0 Å². The normalized spacial score (nSPS) is 12.6. The highest BCUT2D eigenvalue weighted by Gasteiger charge is 2.46. The molecule has 0 unspecified atom stereocenters. The third kappa shape index (κ3) is 6.02. The summed E-state index contributed by atoms with van der Waals surface area (Å²) < 4.78 is 0. The Labute approximate surface area is 367 Å². The Morgan fingerprint density at radius 1 is 0.286 bits per heavy atom. The van der Waals surface area contributed by atoms with Crippen LogP contribution < -0.4 is 0 Å². The molecule has 0 saturated heterocycles. The first-order valence-corrected chi connectivity index (χ1v) is 21.6. The molecule has 0 fully saturated rings. The first-order chi connectivity index (χ1) is 31.2. The average Bonchev–Trinajstić information content (AvgIpc) is 3.68. The Hall–Kier alpha value is -8.20. The van der Waals surface area contributed by atoms with Gasteiger partial charge in [-0.1, -0.05) is 224 Å². The molecule has 2 heteroatoms. The second kappa shape index (κ2) is 15.1. The molecule has 0 N–H and O–H groups in total. The third-order valence-electron chi connectivity index (χ3n) is 13.0. The maximum atomic E-state index is 5.24. The minimum Gasteiger partial charge on any atom is -0.228 e. The first kappa shape index (κ1) is 36.6. The lowest BCUT2D eigenvalue weighted by molar-refractivity contribution is 0.768. The molecule has 10 aromatic carbocycles. The lowest BCUT2D eigenvalue weighted by Crippen LogP contribution is -2.28. The number of nitrogens with zero attached hydrogens (tertiary/aromatic N) is 2. The van der Waals surface area contributed by atoms with E-state index in [1.807, 2.05) is 18.2 Å². The minimum atomic E-state index is -0.443. The molecule has 294 valence electrons. The SMILES string of the molecule is c1ccc(-c2nc(-c3ccc4cc(-c5cccc6c5-c5ccccc5C6(c5ccccc5)c5ccccc5)ccc4c3)cc(-c3cccc4c(-c5ccccc5)cccc34)n2)cc1. The predicted octanol–water partition coefficient (Wildman–Crippen LogP) is 15.5. The maximum Gasteiger partial charge on any atom is 0.160 e. The van der Waals surface area contributed by atoms with Crippen LogP contribution in [0.1, 0.15) is 22.3 Å². The molecule has 11 aromatic rings. The van der Waals surface area contributed by atoms with Crippen molar-refractivity contribution in [2.45, 2.75) is 5.41 Å². The zero-order chi connectivity index (χ0) is 41.7. The van der Waals surface area contributed by atoms with E-state index in [0.29, 0.717) is 5.82 Å². The van der Waals surface area contributed by atoms with E-state index in [0.717, 1.165) is 38.9 Å². The Morgan fingerprint density at radius 3 is 1.48 bits per heavy atom. The van der Waals surface area contributed by atoms with Crippen LogP contribution in [0.25, 0.3) is 88.8 Å². The van der Waals surface area contributed by atoms with Crippen LogP contribution in [-0.2, 0) is 5.41 Å². The molecule has 1 aliphatic carbocycles. The number of aromatic nitrogens is 2. The number of rotatable bonds is 7. The standard InChI is InChI=1S/C61H40N2/c1-5-18-41(19-6-1)49-27-15-30-52-51(49)29-16-31-53(52)58-40-57(62-60(63-58)42-20-7-2-8-21-42)46-37-35-43-38-45(36-34-44(43)39-46)50-28-17-33-56-59(50)54-26-13-14-32-55(54)61(56,47-22-9-3-10-23-47)48-24-11-4-12-25-48/h1-40H. The Bertz CT molecular complexity index is 3450. The van der Waals surface area contributed by atoms with Gasteiger partial charge in [0.2, 0.25) is 0 Å². The molecule has 0 bridgehead atoms. The van der Waals surface area contributed by atoms with Gasteiger partial charge in [-0.25, -0.2) is 9.97 Å². The fourth-order valence-electron chi connectivity index (χ4n) is 10.2. The van der Waals surface area contributed by atoms with Crippen molar-refractivity contribution in [2.75, 3.05) is 0 Å². The van der Waals surface area contributed by atoms with E-state index in [4.69, 9.17) is 9.97 Å². The van der Waals surface area contributed by atoms with Gasteiger partial charge in [0.25, 0.3) is 0 Å². The number of hydrogen-bond acceptors (Lipinski definition) is 2. The van der Waals surface area contributed by atoms with Crippen LogP contribution in [0.15, 0.2) is 243 Å². The van der Waals surface area contributed by atoms with Crippen LogP contribution in [0.3, 0.4) is 0 Å². The Morgan fingerprint density at radius 2 is 0.778 bits per heavy atom. The van der Waals surface area contributed by atoms with E-state index < -0.39 is 5.41 Å². The molecule has 0 aliphatic heterocycles. The van der Waals surface area contributed by atoms with Crippen LogP contribution in [0, 0.1) is 0 Å². The van der Waals surface area contributed by atoms with Crippen LogP contribution in [0.2, 0.25) is 0 Å². The molecular formula is C61H40N2. The van der Waals surface area contributed by atoms with E-state index in [9.17, 15) is 0 Å². The molecule has 0 spiro atoms. The molecule has 0 amide bonds. The summed E-state index contributed by atoms with van der Waals surface area (Å²) in [6.45, 7) is 0. The van der Waals surface area contributed by atoms with E-state index >= 15 is 0 Å². The molecule has 0 radical (unpaired) electrons. The van der Waals surface area contributed by atoms with E-state index in [2.05, 4.69) is 224 Å². The Balaban J connectivity index is 0.988. The van der Waals surface area contributed by atoms with Gasteiger partial charge in [0.05, 0.1) is 16.8 Å². The fourth-order valence-corrected chi connectivity index (χ4v) is 10.2. The highest BCUT2D eigenvalue weighted by atomic mass is 14.9. The number of benzene rings is 10. The van der Waals surface area contributed by atoms with Crippen LogP contribution in [0.5, 0.6) is 0 Å². The summed E-state index contributed by atoms with van der Waals surface area (Å²) in [4.78, 5) is 10.5. The first-order valence-electron chi connectivity index (χ1n) is 21.6. The summed E-state index contributed by atoms with van der Waals surface area (Å²) in [6, 6.07) is 87.7. The van der Waals surface area contributed by atoms with Gasteiger partial charge in [-0.15, -0.1) is 0 Å². The minimum absolute atomic E-state index is 0.443. The monoisotopic (exact) mass is 800 g/mol. The quantitative estimate of drug-likeness (QED) is 0.160. The van der Waals surface area contributed by atoms with Crippen molar-refractivity contribution in [3.05, 3.63) is 265 Å². The summed E-state index contributed by atoms with van der Waals surface area (Å²) >= 11 is 0. The second-order valence-electron chi connectivity index (χ2n) is 16.4. The van der Waals surface area contributed by atoms with Gasteiger partial charge >= 0.3 is 0 Å². The molecule has 12 rings (SSSR count). The third-order valence-corrected chi connectivity index (χ3v) is 13.0. The molecule has 0 atom stereocenters. The van der Waals surface area contributed by atoms with Crippen molar-refractivity contribution < 1.29 is 0 Å².